The van der Waals surface area contributed by atoms with E-state index in [1.54, 1.807) is 16.4 Å². The van der Waals surface area contributed by atoms with Crippen LogP contribution in [0.4, 0.5) is 0 Å². The normalized spacial score (nSPS) is 25.8. The van der Waals surface area contributed by atoms with Crippen molar-refractivity contribution in [3.8, 4) is 0 Å². The second kappa shape index (κ2) is 8.40. The van der Waals surface area contributed by atoms with Gasteiger partial charge in [0.05, 0.1) is 10.5 Å². The summed E-state index contributed by atoms with van der Waals surface area (Å²) in [6.45, 7) is 6.79. The van der Waals surface area contributed by atoms with Gasteiger partial charge in [0, 0.05) is 46.1 Å². The molecular weight excluding hydrogens is 378 g/mol. The van der Waals surface area contributed by atoms with Crippen LogP contribution in [0.25, 0.3) is 0 Å². The highest BCUT2D eigenvalue weighted by Gasteiger charge is 2.56. The minimum absolute atomic E-state index is 0.320. The molecule has 7 heteroatoms. The smallest absolute Gasteiger partial charge is 0.243 e. The second-order valence-corrected chi connectivity index (χ2v) is 10.3. The first-order valence-electron chi connectivity index (χ1n) is 10.4. The Balaban J connectivity index is 1.27. The van der Waals surface area contributed by atoms with Crippen LogP contribution >= 0.6 is 0 Å². The van der Waals surface area contributed by atoms with Crippen molar-refractivity contribution >= 4 is 10.0 Å². The molecule has 3 heterocycles. The molecule has 1 spiro atoms. The number of hydrogen-bond donors (Lipinski definition) is 0. The lowest BCUT2D eigenvalue weighted by Gasteiger charge is -2.49. The third-order valence-electron chi connectivity index (χ3n) is 6.45. The van der Waals surface area contributed by atoms with Crippen LogP contribution in [0.5, 0.6) is 0 Å². The number of hydrogen-bond acceptors (Lipinski definition) is 5. The van der Waals surface area contributed by atoms with Gasteiger partial charge in [-0.3, -0.25) is 0 Å². The van der Waals surface area contributed by atoms with Crippen molar-refractivity contribution in [2.75, 3.05) is 46.1 Å². The molecule has 3 aliphatic heterocycles. The number of benzene rings is 1. The monoisotopic (exact) mass is 409 g/mol. The average Bonchev–Trinajstić information content (AvgIpc) is 3.09. The Hall–Kier alpha value is -0.990. The van der Waals surface area contributed by atoms with Crippen LogP contribution < -0.4 is 0 Å². The lowest BCUT2D eigenvalue weighted by Crippen LogP contribution is -2.65. The van der Waals surface area contributed by atoms with Gasteiger partial charge in [-0.25, -0.2) is 8.42 Å². The summed E-state index contributed by atoms with van der Waals surface area (Å²) < 4.78 is 44.6. The van der Waals surface area contributed by atoms with E-state index in [9.17, 15) is 8.42 Å². The van der Waals surface area contributed by atoms with Crippen LogP contribution in [0, 0.1) is 18.8 Å². The van der Waals surface area contributed by atoms with Crippen LogP contribution in [0.1, 0.15) is 31.2 Å². The van der Waals surface area contributed by atoms with Crippen molar-refractivity contribution in [3.05, 3.63) is 29.8 Å². The third-order valence-corrected chi connectivity index (χ3v) is 8.26. The van der Waals surface area contributed by atoms with E-state index in [2.05, 4.69) is 0 Å². The fraction of sp³-hybridized carbons (Fsp3) is 0.714. The molecule has 0 radical (unpaired) electrons. The van der Waals surface area contributed by atoms with E-state index in [-0.39, 0.29) is 5.60 Å². The molecule has 1 atom stereocenters. The van der Waals surface area contributed by atoms with Crippen LogP contribution in [-0.4, -0.2) is 64.4 Å². The molecule has 1 aromatic rings. The van der Waals surface area contributed by atoms with E-state index < -0.39 is 10.0 Å². The molecule has 3 fully saturated rings. The van der Waals surface area contributed by atoms with Crippen molar-refractivity contribution in [2.45, 2.75) is 43.1 Å². The van der Waals surface area contributed by atoms with Crippen LogP contribution in [0.2, 0.25) is 0 Å². The van der Waals surface area contributed by atoms with Gasteiger partial charge >= 0.3 is 0 Å². The molecule has 3 aliphatic rings. The lowest BCUT2D eigenvalue weighted by molar-refractivity contribution is -0.106. The fourth-order valence-electron chi connectivity index (χ4n) is 4.51. The molecule has 4 rings (SSSR count). The van der Waals surface area contributed by atoms with Gasteiger partial charge in [0.25, 0.3) is 0 Å². The number of rotatable bonds is 7. The van der Waals surface area contributed by atoms with Crippen molar-refractivity contribution in [1.82, 2.24) is 4.31 Å². The van der Waals surface area contributed by atoms with Gasteiger partial charge in [-0.05, 0) is 56.6 Å². The molecule has 156 valence electrons. The summed E-state index contributed by atoms with van der Waals surface area (Å²) in [6, 6.07) is 7.06. The first kappa shape index (κ1) is 20.3. The topological polar surface area (TPSA) is 65.1 Å². The van der Waals surface area contributed by atoms with Crippen molar-refractivity contribution in [1.29, 1.82) is 0 Å². The summed E-state index contributed by atoms with van der Waals surface area (Å²) in [5.41, 5.74) is 0.735. The van der Waals surface area contributed by atoms with Gasteiger partial charge in [-0.1, -0.05) is 17.7 Å². The summed E-state index contributed by atoms with van der Waals surface area (Å²) >= 11 is 0. The summed E-state index contributed by atoms with van der Waals surface area (Å²) in [4.78, 5) is 0.363. The zero-order chi connectivity index (χ0) is 19.6. The molecule has 0 aliphatic carbocycles. The molecule has 1 unspecified atom stereocenters. The van der Waals surface area contributed by atoms with Gasteiger partial charge in [0.15, 0.2) is 0 Å². The Kier molecular flexibility index (Phi) is 6.09. The largest absolute Gasteiger partial charge is 0.381 e. The SMILES string of the molecule is Cc1ccc(S(=O)(=O)N2CC3(C2)OCCC3CCOCC2CCOCC2)cc1. The molecule has 3 saturated heterocycles. The van der Waals surface area contributed by atoms with Crippen molar-refractivity contribution < 1.29 is 22.6 Å². The molecule has 0 N–H and O–H groups in total. The Bertz CT molecular complexity index is 752. The zero-order valence-corrected chi connectivity index (χ0v) is 17.5. The van der Waals surface area contributed by atoms with Crippen LogP contribution in [0.3, 0.4) is 0 Å². The molecular formula is C21H31NO5S. The van der Waals surface area contributed by atoms with E-state index in [1.807, 2.05) is 19.1 Å². The minimum atomic E-state index is -3.44. The van der Waals surface area contributed by atoms with Crippen molar-refractivity contribution in [3.63, 3.8) is 0 Å². The standard InChI is InChI=1S/C21H31NO5S/c1-17-2-4-20(5-3-17)28(23,24)22-15-21(16-22)19(9-13-27-21)8-12-26-14-18-6-10-25-11-7-18/h2-5,18-19H,6-16H2,1H3. The summed E-state index contributed by atoms with van der Waals surface area (Å²) in [5.74, 6) is 0.980. The highest BCUT2D eigenvalue weighted by Crippen LogP contribution is 2.43. The third kappa shape index (κ3) is 4.14. The maximum absolute atomic E-state index is 12.8. The first-order valence-corrected chi connectivity index (χ1v) is 11.8. The van der Waals surface area contributed by atoms with Gasteiger partial charge in [0.1, 0.15) is 0 Å². The van der Waals surface area contributed by atoms with E-state index in [0.717, 1.165) is 57.7 Å². The van der Waals surface area contributed by atoms with Crippen LogP contribution in [-0.2, 0) is 24.2 Å². The highest BCUT2D eigenvalue weighted by molar-refractivity contribution is 7.89. The lowest BCUT2D eigenvalue weighted by atomic mass is 9.80. The second-order valence-electron chi connectivity index (χ2n) is 8.40. The predicted octanol–water partition coefficient (Wildman–Crippen LogP) is 2.61. The number of aryl methyl sites for hydroxylation is 1. The Morgan fingerprint density at radius 3 is 2.54 bits per heavy atom. The van der Waals surface area contributed by atoms with E-state index in [0.29, 0.717) is 36.4 Å². The molecule has 0 amide bonds. The molecule has 0 bridgehead atoms. The molecule has 0 saturated carbocycles. The van der Waals surface area contributed by atoms with Crippen molar-refractivity contribution in [2.24, 2.45) is 11.8 Å². The maximum atomic E-state index is 12.8. The first-order chi connectivity index (χ1) is 13.5. The maximum Gasteiger partial charge on any atom is 0.243 e. The molecule has 0 aromatic heterocycles. The summed E-state index contributed by atoms with van der Waals surface area (Å²) in [5, 5.41) is 0. The Morgan fingerprint density at radius 2 is 1.82 bits per heavy atom. The van der Waals surface area contributed by atoms with E-state index in [4.69, 9.17) is 14.2 Å². The zero-order valence-electron chi connectivity index (χ0n) is 16.6. The quantitative estimate of drug-likeness (QED) is 0.648. The highest BCUT2D eigenvalue weighted by atomic mass is 32.2. The Labute approximate surface area is 168 Å². The Morgan fingerprint density at radius 1 is 1.11 bits per heavy atom. The van der Waals surface area contributed by atoms with Gasteiger partial charge in [-0.2, -0.15) is 4.31 Å². The summed E-state index contributed by atoms with van der Waals surface area (Å²) in [6.07, 6.45) is 4.09. The van der Waals surface area contributed by atoms with Gasteiger partial charge in [-0.15, -0.1) is 0 Å². The summed E-state index contributed by atoms with van der Waals surface area (Å²) in [7, 11) is -3.44. The van der Waals surface area contributed by atoms with Gasteiger partial charge in [0.2, 0.25) is 10.0 Å². The fourth-order valence-corrected chi connectivity index (χ4v) is 6.07. The number of ether oxygens (including phenoxy) is 3. The van der Waals surface area contributed by atoms with E-state index in [1.165, 1.54) is 0 Å². The van der Waals surface area contributed by atoms with Crippen LogP contribution in [0.15, 0.2) is 29.2 Å². The van der Waals surface area contributed by atoms with E-state index >= 15 is 0 Å². The molecule has 28 heavy (non-hydrogen) atoms. The molecule has 1 aromatic carbocycles. The average molecular weight is 410 g/mol. The minimum Gasteiger partial charge on any atom is -0.381 e. The molecule has 6 nitrogen and oxygen atoms in total. The number of sulfonamides is 1. The predicted molar refractivity (Wildman–Crippen MR) is 106 cm³/mol. The van der Waals surface area contributed by atoms with Gasteiger partial charge < -0.3 is 14.2 Å². The number of nitrogens with zero attached hydrogens (tertiary/aromatic N) is 1.